The van der Waals surface area contributed by atoms with E-state index in [1.807, 2.05) is 11.8 Å². The van der Waals surface area contributed by atoms with E-state index in [4.69, 9.17) is 10.7 Å². The minimum absolute atomic E-state index is 0.477. The van der Waals surface area contributed by atoms with Crippen LogP contribution in [-0.2, 0) is 6.54 Å². The fourth-order valence-electron chi connectivity index (χ4n) is 2.48. The van der Waals surface area contributed by atoms with Gasteiger partial charge in [-0.15, -0.1) is 0 Å². The molecule has 4 heteroatoms. The van der Waals surface area contributed by atoms with Crippen molar-refractivity contribution in [2.75, 3.05) is 24.0 Å². The molecule has 0 saturated carbocycles. The molecule has 1 aromatic carbocycles. The Morgan fingerprint density at radius 1 is 1.35 bits per heavy atom. The van der Waals surface area contributed by atoms with Gasteiger partial charge in [-0.3, -0.25) is 0 Å². The number of aromatic nitrogens is 1. The minimum Gasteiger partial charge on any atom is -0.355 e. The quantitative estimate of drug-likeness (QED) is 0.886. The van der Waals surface area contributed by atoms with Gasteiger partial charge in [-0.2, -0.15) is 11.8 Å². The molecule has 2 rings (SSSR count). The van der Waals surface area contributed by atoms with Crippen molar-refractivity contribution in [2.45, 2.75) is 25.9 Å². The van der Waals surface area contributed by atoms with Crippen molar-refractivity contribution in [2.24, 2.45) is 5.73 Å². The predicted molar refractivity (Wildman–Crippen MR) is 90.5 cm³/mol. The van der Waals surface area contributed by atoms with Gasteiger partial charge in [-0.05, 0) is 24.1 Å². The summed E-state index contributed by atoms with van der Waals surface area (Å²) < 4.78 is 0. The molecule has 2 N–H and O–H groups in total. The predicted octanol–water partition coefficient (Wildman–Crippen LogP) is 3.27. The average Bonchev–Trinajstić information content (AvgIpc) is 2.50. The zero-order valence-electron chi connectivity index (χ0n) is 12.5. The van der Waals surface area contributed by atoms with E-state index < -0.39 is 0 Å². The van der Waals surface area contributed by atoms with Crippen LogP contribution in [0.1, 0.15) is 19.0 Å². The Hall–Kier alpha value is -1.26. The normalized spacial score (nSPS) is 12.6. The summed E-state index contributed by atoms with van der Waals surface area (Å²) in [4.78, 5) is 7.07. The zero-order valence-corrected chi connectivity index (χ0v) is 13.3. The summed E-state index contributed by atoms with van der Waals surface area (Å²) >= 11 is 1.88. The number of rotatable bonds is 6. The van der Waals surface area contributed by atoms with Crippen molar-refractivity contribution in [3.8, 4) is 0 Å². The molecule has 1 unspecified atom stereocenters. The van der Waals surface area contributed by atoms with E-state index in [0.29, 0.717) is 12.6 Å². The molecule has 108 valence electrons. The third-order valence-electron chi connectivity index (χ3n) is 3.69. The highest BCUT2D eigenvalue weighted by atomic mass is 32.2. The van der Waals surface area contributed by atoms with Crippen LogP contribution in [0, 0.1) is 0 Å². The van der Waals surface area contributed by atoms with Crippen LogP contribution in [-0.4, -0.2) is 30.1 Å². The van der Waals surface area contributed by atoms with Gasteiger partial charge in [0.2, 0.25) is 0 Å². The summed E-state index contributed by atoms with van der Waals surface area (Å²) in [7, 11) is 2.14. The summed E-state index contributed by atoms with van der Waals surface area (Å²) in [5, 5.41) is 2.41. The topological polar surface area (TPSA) is 42.2 Å². The molecule has 0 saturated heterocycles. The molecule has 3 nitrogen and oxygen atoms in total. The molecule has 2 aromatic rings. The molecular weight excluding hydrogens is 266 g/mol. The minimum atomic E-state index is 0.477. The third kappa shape index (κ3) is 3.07. The molecule has 0 aliphatic heterocycles. The Morgan fingerprint density at radius 2 is 2.10 bits per heavy atom. The molecule has 20 heavy (non-hydrogen) atoms. The largest absolute Gasteiger partial charge is 0.355 e. The highest BCUT2D eigenvalue weighted by molar-refractivity contribution is 7.98. The second-order valence-electron chi connectivity index (χ2n) is 4.99. The van der Waals surface area contributed by atoms with Gasteiger partial charge in [0, 0.05) is 30.8 Å². The molecule has 0 aliphatic carbocycles. The molecule has 0 fully saturated rings. The maximum atomic E-state index is 5.79. The first-order chi connectivity index (χ1) is 9.71. The molecule has 0 amide bonds. The maximum absolute atomic E-state index is 5.79. The first-order valence-electron chi connectivity index (χ1n) is 7.01. The lowest BCUT2D eigenvalue weighted by molar-refractivity contribution is 0.667. The number of fused-ring (bicyclic) bond motifs is 1. The van der Waals surface area contributed by atoms with Crippen LogP contribution in [0.2, 0.25) is 0 Å². The molecule has 0 spiro atoms. The fourth-order valence-corrected chi connectivity index (χ4v) is 3.32. The van der Waals surface area contributed by atoms with Crippen LogP contribution in [0.3, 0.4) is 0 Å². The second kappa shape index (κ2) is 6.95. The van der Waals surface area contributed by atoms with Gasteiger partial charge in [0.05, 0.1) is 5.69 Å². The number of thioether (sulfide) groups is 1. The van der Waals surface area contributed by atoms with Crippen LogP contribution in [0.15, 0.2) is 30.3 Å². The smallest absolute Gasteiger partial charge is 0.136 e. The highest BCUT2D eigenvalue weighted by Gasteiger charge is 2.17. The Kier molecular flexibility index (Phi) is 5.26. The average molecular weight is 289 g/mol. The standard InChI is InChI=1S/C16H23N3S/c1-4-14(11-20-3)19(2)16-15-8-6-5-7-12(15)9-13(10-17)18-16/h5-9,14H,4,10-11,17H2,1-3H3. The van der Waals surface area contributed by atoms with Crippen molar-refractivity contribution in [1.29, 1.82) is 0 Å². The zero-order chi connectivity index (χ0) is 14.5. The molecule has 0 radical (unpaired) electrons. The van der Waals surface area contributed by atoms with Gasteiger partial charge < -0.3 is 10.6 Å². The summed E-state index contributed by atoms with van der Waals surface area (Å²) in [6, 6.07) is 11.0. The van der Waals surface area contributed by atoms with E-state index in [2.05, 4.69) is 55.5 Å². The van der Waals surface area contributed by atoms with E-state index in [1.165, 1.54) is 10.8 Å². The Bertz CT molecular complexity index is 571. The Morgan fingerprint density at radius 3 is 2.75 bits per heavy atom. The van der Waals surface area contributed by atoms with Gasteiger partial charge in [0.25, 0.3) is 0 Å². The summed E-state index contributed by atoms with van der Waals surface area (Å²) in [5.74, 6) is 2.15. The number of pyridine rings is 1. The first kappa shape index (κ1) is 15.1. The molecule has 0 bridgehead atoms. The van der Waals surface area contributed by atoms with Crippen molar-refractivity contribution in [3.05, 3.63) is 36.0 Å². The Labute approximate surface area is 125 Å². The van der Waals surface area contributed by atoms with Crippen LogP contribution < -0.4 is 10.6 Å². The van der Waals surface area contributed by atoms with Crippen molar-refractivity contribution >= 4 is 28.4 Å². The van der Waals surface area contributed by atoms with Gasteiger partial charge in [0.15, 0.2) is 0 Å². The summed E-state index contributed by atoms with van der Waals surface area (Å²) in [6.07, 6.45) is 3.26. The van der Waals surface area contributed by atoms with E-state index in [-0.39, 0.29) is 0 Å². The number of nitrogens with two attached hydrogens (primary N) is 1. The molecule has 0 aliphatic rings. The lowest BCUT2D eigenvalue weighted by atomic mass is 10.1. The van der Waals surface area contributed by atoms with E-state index in [1.54, 1.807) is 0 Å². The lowest BCUT2D eigenvalue weighted by Crippen LogP contribution is -2.34. The molecule has 1 aromatic heterocycles. The third-order valence-corrected chi connectivity index (χ3v) is 4.41. The van der Waals surface area contributed by atoms with Gasteiger partial charge >= 0.3 is 0 Å². The summed E-state index contributed by atoms with van der Waals surface area (Å²) in [5.41, 5.74) is 6.74. The van der Waals surface area contributed by atoms with Crippen molar-refractivity contribution < 1.29 is 0 Å². The van der Waals surface area contributed by atoms with E-state index >= 15 is 0 Å². The number of hydrogen-bond donors (Lipinski definition) is 1. The van der Waals surface area contributed by atoms with E-state index in [0.717, 1.165) is 23.7 Å². The maximum Gasteiger partial charge on any atom is 0.136 e. The van der Waals surface area contributed by atoms with Crippen LogP contribution in [0.4, 0.5) is 5.82 Å². The fraction of sp³-hybridized carbons (Fsp3) is 0.438. The highest BCUT2D eigenvalue weighted by Crippen LogP contribution is 2.27. The number of hydrogen-bond acceptors (Lipinski definition) is 4. The van der Waals surface area contributed by atoms with Gasteiger partial charge in [0.1, 0.15) is 5.82 Å². The second-order valence-corrected chi connectivity index (χ2v) is 5.90. The first-order valence-corrected chi connectivity index (χ1v) is 8.41. The number of nitrogens with zero attached hydrogens (tertiary/aromatic N) is 2. The van der Waals surface area contributed by atoms with Crippen LogP contribution in [0.5, 0.6) is 0 Å². The van der Waals surface area contributed by atoms with Crippen molar-refractivity contribution in [1.82, 2.24) is 4.98 Å². The van der Waals surface area contributed by atoms with Crippen LogP contribution >= 0.6 is 11.8 Å². The van der Waals surface area contributed by atoms with Gasteiger partial charge in [-0.1, -0.05) is 31.2 Å². The van der Waals surface area contributed by atoms with Crippen LogP contribution in [0.25, 0.3) is 10.8 Å². The molecule has 1 atom stereocenters. The van der Waals surface area contributed by atoms with Crippen molar-refractivity contribution in [3.63, 3.8) is 0 Å². The van der Waals surface area contributed by atoms with E-state index in [9.17, 15) is 0 Å². The lowest BCUT2D eigenvalue weighted by Gasteiger charge is -2.29. The molecule has 1 heterocycles. The monoisotopic (exact) mass is 289 g/mol. The SMILES string of the molecule is CCC(CSC)N(C)c1nc(CN)cc2ccccc12. The Balaban J connectivity index is 2.50. The molecular formula is C16H23N3S. The summed E-state index contributed by atoms with van der Waals surface area (Å²) in [6.45, 7) is 2.71. The number of benzene rings is 1. The number of anilines is 1. The van der Waals surface area contributed by atoms with Gasteiger partial charge in [-0.25, -0.2) is 4.98 Å².